The molecule has 2 atom stereocenters. The summed E-state index contributed by atoms with van der Waals surface area (Å²) in [5, 5.41) is 8.45. The minimum atomic E-state index is -0.248. The molecule has 1 aromatic carbocycles. The van der Waals surface area contributed by atoms with Crippen LogP contribution in [0.5, 0.6) is 0 Å². The Bertz CT molecular complexity index is 561. The lowest BCUT2D eigenvalue weighted by Crippen LogP contribution is -2.33. The minimum absolute atomic E-state index is 0.127. The molecular formula is C13H15FN4. The fraction of sp³-hybridized carbons (Fsp3) is 0.385. The first-order valence-electron chi connectivity index (χ1n) is 6.10. The highest BCUT2D eigenvalue weighted by Gasteiger charge is 2.26. The van der Waals surface area contributed by atoms with Gasteiger partial charge in [0.05, 0.1) is 0 Å². The zero-order valence-corrected chi connectivity index (χ0v) is 10.2. The van der Waals surface area contributed by atoms with Gasteiger partial charge in [-0.25, -0.2) is 4.39 Å². The predicted octanol–water partition coefficient (Wildman–Crippen LogP) is 1.92. The molecule has 2 heterocycles. The van der Waals surface area contributed by atoms with E-state index in [1.165, 1.54) is 12.1 Å². The molecule has 0 fully saturated rings. The van der Waals surface area contributed by atoms with Crippen LogP contribution >= 0.6 is 0 Å². The van der Waals surface area contributed by atoms with Crippen LogP contribution in [0.3, 0.4) is 0 Å². The molecule has 4 nitrogen and oxygen atoms in total. The molecule has 0 bridgehead atoms. The van der Waals surface area contributed by atoms with Crippen LogP contribution in [-0.4, -0.2) is 20.8 Å². The Balaban J connectivity index is 2.06. The third kappa shape index (κ3) is 1.80. The van der Waals surface area contributed by atoms with Gasteiger partial charge in [0.25, 0.3) is 0 Å². The molecule has 2 N–H and O–H groups in total. The van der Waals surface area contributed by atoms with Crippen LogP contribution < -0.4 is 5.73 Å². The molecule has 5 heteroatoms. The quantitative estimate of drug-likeness (QED) is 0.836. The molecule has 0 radical (unpaired) electrons. The Morgan fingerprint density at radius 1 is 1.28 bits per heavy atom. The molecule has 1 aliphatic heterocycles. The molecule has 1 aromatic heterocycles. The topological polar surface area (TPSA) is 56.7 Å². The fourth-order valence-corrected chi connectivity index (χ4v) is 2.54. The molecule has 0 spiro atoms. The third-order valence-electron chi connectivity index (χ3n) is 3.40. The maximum absolute atomic E-state index is 12.9. The monoisotopic (exact) mass is 246 g/mol. The van der Waals surface area contributed by atoms with E-state index >= 15 is 0 Å². The average Bonchev–Trinajstić information content (AvgIpc) is 2.74. The summed E-state index contributed by atoms with van der Waals surface area (Å²) >= 11 is 0. The van der Waals surface area contributed by atoms with Gasteiger partial charge in [-0.15, -0.1) is 10.2 Å². The molecule has 0 amide bonds. The number of halogens is 1. The normalized spacial score (nSPS) is 22.8. The number of aromatic nitrogens is 3. The van der Waals surface area contributed by atoms with Crippen LogP contribution in [0.15, 0.2) is 24.3 Å². The van der Waals surface area contributed by atoms with Gasteiger partial charge in [-0.1, -0.05) is 6.92 Å². The van der Waals surface area contributed by atoms with Crippen molar-refractivity contribution in [1.82, 2.24) is 14.8 Å². The zero-order chi connectivity index (χ0) is 12.7. The summed E-state index contributed by atoms with van der Waals surface area (Å²) in [7, 11) is 0. The molecule has 0 aliphatic carbocycles. The van der Waals surface area contributed by atoms with E-state index in [1.54, 1.807) is 12.1 Å². The van der Waals surface area contributed by atoms with Gasteiger partial charge in [0.1, 0.15) is 11.6 Å². The van der Waals surface area contributed by atoms with Gasteiger partial charge in [0, 0.05) is 24.1 Å². The number of fused-ring (bicyclic) bond motifs is 1. The summed E-state index contributed by atoms with van der Waals surface area (Å²) in [6.07, 6.45) is 0.932. The Kier molecular flexibility index (Phi) is 2.63. The van der Waals surface area contributed by atoms with Crippen LogP contribution in [0.4, 0.5) is 4.39 Å². The first kappa shape index (κ1) is 11.3. The van der Waals surface area contributed by atoms with Crippen LogP contribution in [0, 0.1) is 5.82 Å². The van der Waals surface area contributed by atoms with Crippen LogP contribution in [0.1, 0.15) is 25.1 Å². The first-order valence-corrected chi connectivity index (χ1v) is 6.10. The maximum atomic E-state index is 12.9. The summed E-state index contributed by atoms with van der Waals surface area (Å²) in [5.41, 5.74) is 6.91. The molecule has 18 heavy (non-hydrogen) atoms. The van der Waals surface area contributed by atoms with Crippen molar-refractivity contribution < 1.29 is 4.39 Å². The third-order valence-corrected chi connectivity index (χ3v) is 3.40. The van der Waals surface area contributed by atoms with E-state index in [2.05, 4.69) is 17.1 Å². The molecule has 2 unspecified atom stereocenters. The van der Waals surface area contributed by atoms with Gasteiger partial charge in [0.2, 0.25) is 0 Å². The Hall–Kier alpha value is -1.75. The lowest BCUT2D eigenvalue weighted by Gasteiger charge is -2.25. The van der Waals surface area contributed by atoms with Crippen LogP contribution in [0.25, 0.3) is 11.4 Å². The lowest BCUT2D eigenvalue weighted by atomic mass is 9.97. The number of benzene rings is 1. The van der Waals surface area contributed by atoms with Crippen LogP contribution in [0.2, 0.25) is 0 Å². The molecule has 3 rings (SSSR count). The van der Waals surface area contributed by atoms with Gasteiger partial charge in [-0.3, -0.25) is 0 Å². The van der Waals surface area contributed by atoms with E-state index < -0.39 is 0 Å². The van der Waals surface area contributed by atoms with E-state index in [-0.39, 0.29) is 11.9 Å². The van der Waals surface area contributed by atoms with E-state index in [1.807, 2.05) is 4.57 Å². The molecule has 1 aliphatic rings. The second kappa shape index (κ2) is 4.17. The maximum Gasteiger partial charge on any atom is 0.164 e. The highest BCUT2D eigenvalue weighted by atomic mass is 19.1. The predicted molar refractivity (Wildman–Crippen MR) is 66.4 cm³/mol. The van der Waals surface area contributed by atoms with Crippen molar-refractivity contribution >= 4 is 0 Å². The smallest absolute Gasteiger partial charge is 0.164 e. The van der Waals surface area contributed by atoms with Crippen molar-refractivity contribution in [3.63, 3.8) is 0 Å². The van der Waals surface area contributed by atoms with Crippen LogP contribution in [-0.2, 0) is 6.54 Å². The Morgan fingerprint density at radius 2 is 2.00 bits per heavy atom. The first-order chi connectivity index (χ1) is 8.65. The number of hydrogen-bond acceptors (Lipinski definition) is 3. The highest BCUT2D eigenvalue weighted by Crippen LogP contribution is 2.29. The lowest BCUT2D eigenvalue weighted by molar-refractivity contribution is 0.409. The van der Waals surface area contributed by atoms with Crippen molar-refractivity contribution in [2.75, 3.05) is 0 Å². The van der Waals surface area contributed by atoms with Crippen molar-refractivity contribution in [2.45, 2.75) is 31.8 Å². The van der Waals surface area contributed by atoms with Gasteiger partial charge >= 0.3 is 0 Å². The summed E-state index contributed by atoms with van der Waals surface area (Å²) in [6, 6.07) is 6.43. The molecule has 0 saturated carbocycles. The zero-order valence-electron chi connectivity index (χ0n) is 10.2. The van der Waals surface area contributed by atoms with E-state index in [4.69, 9.17) is 5.73 Å². The van der Waals surface area contributed by atoms with Gasteiger partial charge in [-0.2, -0.15) is 0 Å². The largest absolute Gasteiger partial charge is 0.326 e. The number of nitrogens with two attached hydrogens (primary N) is 1. The summed E-state index contributed by atoms with van der Waals surface area (Å²) in [4.78, 5) is 0. The molecule has 0 saturated heterocycles. The van der Waals surface area contributed by atoms with Crippen molar-refractivity contribution in [1.29, 1.82) is 0 Å². The molecule has 2 aromatic rings. The summed E-state index contributed by atoms with van der Waals surface area (Å²) in [5.74, 6) is 1.81. The number of rotatable bonds is 1. The van der Waals surface area contributed by atoms with Crippen molar-refractivity contribution in [2.24, 2.45) is 5.73 Å². The van der Waals surface area contributed by atoms with Gasteiger partial charge < -0.3 is 10.3 Å². The summed E-state index contributed by atoms with van der Waals surface area (Å²) in [6.45, 7) is 2.83. The van der Waals surface area contributed by atoms with Crippen molar-refractivity contribution in [3.05, 3.63) is 35.9 Å². The van der Waals surface area contributed by atoms with Crippen molar-refractivity contribution in [3.8, 4) is 11.4 Å². The standard InChI is InChI=1S/C13H15FN4/c1-8-6-11(15)7-18-12(8)16-17-13(18)9-2-4-10(14)5-3-9/h2-5,8,11H,6-7,15H2,1H3. The molecule has 94 valence electrons. The average molecular weight is 246 g/mol. The Morgan fingerprint density at radius 3 is 2.72 bits per heavy atom. The minimum Gasteiger partial charge on any atom is -0.326 e. The van der Waals surface area contributed by atoms with Gasteiger partial charge in [0.15, 0.2) is 5.82 Å². The SMILES string of the molecule is CC1CC(N)Cn2c(-c3ccc(F)cc3)nnc21. The molecular weight excluding hydrogens is 231 g/mol. The fourth-order valence-electron chi connectivity index (χ4n) is 2.54. The highest BCUT2D eigenvalue weighted by molar-refractivity contribution is 5.55. The number of hydrogen-bond donors (Lipinski definition) is 1. The Labute approximate surface area is 105 Å². The van der Waals surface area contributed by atoms with E-state index in [9.17, 15) is 4.39 Å². The summed E-state index contributed by atoms with van der Waals surface area (Å²) < 4.78 is 15.0. The number of nitrogens with zero attached hydrogens (tertiary/aromatic N) is 3. The van der Waals surface area contributed by atoms with Gasteiger partial charge in [-0.05, 0) is 30.7 Å². The second-order valence-electron chi connectivity index (χ2n) is 4.90. The van der Waals surface area contributed by atoms with E-state index in [0.717, 1.165) is 30.2 Å². The second-order valence-corrected chi connectivity index (χ2v) is 4.90. The van der Waals surface area contributed by atoms with E-state index in [0.29, 0.717) is 5.92 Å².